The molecule has 2 aromatic rings. The van der Waals surface area contributed by atoms with Gasteiger partial charge < -0.3 is 9.88 Å². The Balaban J connectivity index is 1.81. The van der Waals surface area contributed by atoms with Crippen LogP contribution in [-0.2, 0) is 11.2 Å². The predicted octanol–water partition coefficient (Wildman–Crippen LogP) is 3.81. The number of nitrogens with zero attached hydrogens (tertiary/aromatic N) is 1. The first-order valence-electron chi connectivity index (χ1n) is 8.09. The molecule has 1 aromatic heterocycles. The van der Waals surface area contributed by atoms with Crippen LogP contribution in [0.25, 0.3) is 10.9 Å². The average molecular weight is 302 g/mol. The lowest BCUT2D eigenvalue weighted by atomic mass is 10.0. The Morgan fingerprint density at radius 3 is 3.00 bits per heavy atom. The molecule has 0 aliphatic carbocycles. The van der Waals surface area contributed by atoms with Crippen LogP contribution in [-0.4, -0.2) is 28.9 Å². The normalized spacial score (nSPS) is 19.4. The van der Waals surface area contributed by atoms with E-state index in [4.69, 9.17) is 0 Å². The van der Waals surface area contributed by atoms with Crippen molar-refractivity contribution < 1.29 is 9.18 Å². The molecule has 0 spiro atoms. The van der Waals surface area contributed by atoms with Crippen molar-refractivity contribution in [2.24, 2.45) is 5.92 Å². The first-order chi connectivity index (χ1) is 10.5. The van der Waals surface area contributed by atoms with Gasteiger partial charge in [-0.3, -0.25) is 4.79 Å². The van der Waals surface area contributed by atoms with E-state index in [0.29, 0.717) is 12.3 Å². The van der Waals surface area contributed by atoms with Crippen LogP contribution in [0.3, 0.4) is 0 Å². The first-order valence-corrected chi connectivity index (χ1v) is 8.09. The summed E-state index contributed by atoms with van der Waals surface area (Å²) in [7, 11) is 0. The highest BCUT2D eigenvalue weighted by Gasteiger charge is 2.21. The smallest absolute Gasteiger partial charge is 0.227 e. The van der Waals surface area contributed by atoms with Crippen molar-refractivity contribution in [3.63, 3.8) is 0 Å². The Kier molecular flexibility index (Phi) is 4.19. The van der Waals surface area contributed by atoms with E-state index in [1.807, 2.05) is 11.8 Å². The minimum atomic E-state index is -0.260. The number of hydrogen-bond donors (Lipinski definition) is 1. The van der Waals surface area contributed by atoms with Gasteiger partial charge in [-0.25, -0.2) is 4.39 Å². The Morgan fingerprint density at radius 1 is 1.36 bits per heavy atom. The quantitative estimate of drug-likeness (QED) is 0.900. The second-order valence-corrected chi connectivity index (χ2v) is 6.51. The van der Waals surface area contributed by atoms with Crippen molar-refractivity contribution in [3.05, 3.63) is 35.3 Å². The molecule has 1 aliphatic rings. The monoisotopic (exact) mass is 302 g/mol. The second kappa shape index (κ2) is 6.11. The van der Waals surface area contributed by atoms with Gasteiger partial charge in [-0.1, -0.05) is 6.92 Å². The minimum Gasteiger partial charge on any atom is -0.358 e. The number of likely N-dealkylation sites (tertiary alicyclic amines) is 1. The number of benzene rings is 1. The summed E-state index contributed by atoms with van der Waals surface area (Å²) in [4.78, 5) is 17.8. The van der Waals surface area contributed by atoms with Gasteiger partial charge in [0.15, 0.2) is 0 Å². The van der Waals surface area contributed by atoms with E-state index in [-0.39, 0.29) is 11.7 Å². The lowest BCUT2D eigenvalue weighted by Crippen LogP contribution is -2.33. The zero-order valence-electron chi connectivity index (χ0n) is 13.3. The average Bonchev–Trinajstić information content (AvgIpc) is 2.65. The largest absolute Gasteiger partial charge is 0.358 e. The Morgan fingerprint density at radius 2 is 2.18 bits per heavy atom. The molecule has 1 fully saturated rings. The summed E-state index contributed by atoms with van der Waals surface area (Å²) >= 11 is 0. The van der Waals surface area contributed by atoms with Crippen LogP contribution in [0.1, 0.15) is 37.4 Å². The van der Waals surface area contributed by atoms with Gasteiger partial charge in [0.05, 0.1) is 6.42 Å². The first kappa shape index (κ1) is 15.1. The van der Waals surface area contributed by atoms with E-state index in [0.717, 1.165) is 48.1 Å². The molecule has 1 aromatic carbocycles. The highest BCUT2D eigenvalue weighted by atomic mass is 19.1. The molecule has 1 unspecified atom stereocenters. The van der Waals surface area contributed by atoms with Crippen LogP contribution in [0.15, 0.2) is 18.2 Å². The summed E-state index contributed by atoms with van der Waals surface area (Å²) in [6, 6.07) is 4.70. The molecule has 3 nitrogen and oxygen atoms in total. The number of nitrogens with one attached hydrogen (secondary N) is 1. The van der Waals surface area contributed by atoms with Crippen LogP contribution >= 0.6 is 0 Å². The van der Waals surface area contributed by atoms with Crippen LogP contribution < -0.4 is 0 Å². The lowest BCUT2D eigenvalue weighted by Gasteiger charge is -2.20. The summed E-state index contributed by atoms with van der Waals surface area (Å²) < 4.78 is 13.5. The topological polar surface area (TPSA) is 36.1 Å². The van der Waals surface area contributed by atoms with Crippen molar-refractivity contribution in [2.75, 3.05) is 13.1 Å². The van der Waals surface area contributed by atoms with Gasteiger partial charge in [0.2, 0.25) is 5.91 Å². The fourth-order valence-electron chi connectivity index (χ4n) is 3.36. The third kappa shape index (κ3) is 3.01. The van der Waals surface area contributed by atoms with Gasteiger partial charge in [-0.15, -0.1) is 0 Å². The Hall–Kier alpha value is -1.84. The highest BCUT2D eigenvalue weighted by Crippen LogP contribution is 2.25. The number of amides is 1. The van der Waals surface area contributed by atoms with Crippen molar-refractivity contribution in [1.29, 1.82) is 0 Å². The molecular formula is C18H23FN2O. The number of aryl methyl sites for hydroxylation is 1. The molecule has 0 saturated carbocycles. The summed E-state index contributed by atoms with van der Waals surface area (Å²) in [6.07, 6.45) is 3.70. The second-order valence-electron chi connectivity index (χ2n) is 6.51. The Bertz CT molecular complexity index is 692. The van der Waals surface area contributed by atoms with Crippen molar-refractivity contribution in [2.45, 2.75) is 39.5 Å². The molecule has 0 bridgehead atoms. The zero-order valence-corrected chi connectivity index (χ0v) is 13.3. The Labute approximate surface area is 130 Å². The number of fused-ring (bicyclic) bond motifs is 1. The molecule has 118 valence electrons. The van der Waals surface area contributed by atoms with E-state index >= 15 is 0 Å². The molecule has 0 radical (unpaired) electrons. The fraction of sp³-hybridized carbons (Fsp3) is 0.500. The maximum atomic E-state index is 13.5. The van der Waals surface area contributed by atoms with Gasteiger partial charge in [0.25, 0.3) is 0 Å². The third-order valence-corrected chi connectivity index (χ3v) is 4.78. The van der Waals surface area contributed by atoms with E-state index < -0.39 is 0 Å². The van der Waals surface area contributed by atoms with Gasteiger partial charge in [0.1, 0.15) is 5.82 Å². The molecule has 1 N–H and O–H groups in total. The standard InChI is InChI=1S/C18H23FN2O/c1-12-4-3-8-21(9-7-12)18(22)11-15-13(2)20-17-6-5-14(19)10-16(15)17/h5-6,10,12,20H,3-4,7-9,11H2,1-2H3. The molecule has 1 amide bonds. The maximum absolute atomic E-state index is 13.5. The van der Waals surface area contributed by atoms with E-state index in [9.17, 15) is 9.18 Å². The van der Waals surface area contributed by atoms with Crippen molar-refractivity contribution >= 4 is 16.8 Å². The molecule has 1 saturated heterocycles. The number of hydrogen-bond acceptors (Lipinski definition) is 1. The molecule has 1 aliphatic heterocycles. The summed E-state index contributed by atoms with van der Waals surface area (Å²) in [5.41, 5.74) is 2.78. The number of halogens is 1. The molecular weight excluding hydrogens is 279 g/mol. The van der Waals surface area contributed by atoms with Crippen molar-refractivity contribution in [1.82, 2.24) is 9.88 Å². The number of carbonyl (C=O) groups excluding carboxylic acids is 1. The summed E-state index contributed by atoms with van der Waals surface area (Å²) in [5, 5.41) is 0.828. The molecule has 3 rings (SSSR count). The molecule has 1 atom stereocenters. The van der Waals surface area contributed by atoms with E-state index in [1.54, 1.807) is 6.07 Å². The molecule has 4 heteroatoms. The van der Waals surface area contributed by atoms with Gasteiger partial charge in [0, 0.05) is 29.7 Å². The van der Waals surface area contributed by atoms with Gasteiger partial charge >= 0.3 is 0 Å². The number of aromatic nitrogens is 1. The summed E-state index contributed by atoms with van der Waals surface area (Å²) in [6.45, 7) is 5.89. The number of rotatable bonds is 2. The zero-order chi connectivity index (χ0) is 15.7. The van der Waals surface area contributed by atoms with E-state index in [1.165, 1.54) is 18.6 Å². The SMILES string of the molecule is Cc1[nH]c2ccc(F)cc2c1CC(=O)N1CCCC(C)CC1. The number of H-pyrrole nitrogens is 1. The third-order valence-electron chi connectivity index (χ3n) is 4.78. The van der Waals surface area contributed by atoms with Crippen LogP contribution in [0, 0.1) is 18.7 Å². The molecule has 2 heterocycles. The lowest BCUT2D eigenvalue weighted by molar-refractivity contribution is -0.130. The number of aromatic amines is 1. The van der Waals surface area contributed by atoms with Crippen LogP contribution in [0.2, 0.25) is 0 Å². The molecule has 22 heavy (non-hydrogen) atoms. The van der Waals surface area contributed by atoms with Crippen LogP contribution in [0.5, 0.6) is 0 Å². The van der Waals surface area contributed by atoms with Gasteiger partial charge in [-0.05, 0) is 55.9 Å². The number of carbonyl (C=O) groups is 1. The fourth-order valence-corrected chi connectivity index (χ4v) is 3.36. The van der Waals surface area contributed by atoms with Crippen LogP contribution in [0.4, 0.5) is 4.39 Å². The minimum absolute atomic E-state index is 0.155. The van der Waals surface area contributed by atoms with Crippen molar-refractivity contribution in [3.8, 4) is 0 Å². The van der Waals surface area contributed by atoms with E-state index in [2.05, 4.69) is 11.9 Å². The predicted molar refractivity (Wildman–Crippen MR) is 86.3 cm³/mol. The summed E-state index contributed by atoms with van der Waals surface area (Å²) in [5.74, 6) is 0.591. The maximum Gasteiger partial charge on any atom is 0.227 e. The van der Waals surface area contributed by atoms with Gasteiger partial charge in [-0.2, -0.15) is 0 Å². The highest BCUT2D eigenvalue weighted by molar-refractivity contribution is 5.90.